The third-order valence-corrected chi connectivity index (χ3v) is 1.52. The Balaban J connectivity index is 2.32. The van der Waals surface area contributed by atoms with Gasteiger partial charge in [-0.1, -0.05) is 24.8 Å². The normalized spacial score (nSPS) is 16.2. The molecule has 0 saturated carbocycles. The number of rotatable bonds is 3. The molecule has 0 aliphatic heterocycles. The van der Waals surface area contributed by atoms with Crippen molar-refractivity contribution in [3.05, 3.63) is 36.6 Å². The maximum absolute atomic E-state index is 3.58. The lowest BCUT2D eigenvalue weighted by atomic mass is 10.1. The smallest absolute Gasteiger partial charge is 0.0391 e. The van der Waals surface area contributed by atoms with Crippen LogP contribution in [0.1, 0.15) is 12.8 Å². The first kappa shape index (κ1) is 7.13. The zero-order valence-electron chi connectivity index (χ0n) is 6.14. The van der Waals surface area contributed by atoms with Crippen LogP contribution in [0.4, 0.5) is 0 Å². The topological polar surface area (TPSA) is 12.0 Å². The van der Waals surface area contributed by atoms with Gasteiger partial charge in [0.05, 0.1) is 0 Å². The Bertz CT molecular complexity index is 166. The van der Waals surface area contributed by atoms with E-state index < -0.39 is 0 Å². The van der Waals surface area contributed by atoms with E-state index in [1.54, 1.807) is 6.20 Å². The predicted molar refractivity (Wildman–Crippen MR) is 44.7 cm³/mol. The molecule has 0 saturated heterocycles. The molecular formula is C9H13N. The Hall–Kier alpha value is -0.980. The minimum atomic E-state index is 0.917. The van der Waals surface area contributed by atoms with Gasteiger partial charge in [0.25, 0.3) is 0 Å². The summed E-state index contributed by atoms with van der Waals surface area (Å²) in [6.07, 6.45) is 10.7. The zero-order valence-corrected chi connectivity index (χ0v) is 6.14. The summed E-state index contributed by atoms with van der Waals surface area (Å²) in [7, 11) is 0. The molecule has 0 atom stereocenters. The molecule has 0 radical (unpaired) electrons. The lowest BCUT2D eigenvalue weighted by Crippen LogP contribution is -2.08. The molecule has 0 amide bonds. The van der Waals surface area contributed by atoms with Crippen molar-refractivity contribution in [3.63, 3.8) is 0 Å². The quantitative estimate of drug-likeness (QED) is 0.624. The molecule has 0 unspecified atom stereocenters. The molecule has 0 fully saturated rings. The van der Waals surface area contributed by atoms with Gasteiger partial charge in [0, 0.05) is 6.54 Å². The van der Waals surface area contributed by atoms with Gasteiger partial charge in [-0.2, -0.15) is 0 Å². The third-order valence-electron chi connectivity index (χ3n) is 1.52. The fourth-order valence-corrected chi connectivity index (χ4v) is 0.989. The van der Waals surface area contributed by atoms with Crippen LogP contribution in [0, 0.1) is 0 Å². The highest BCUT2D eigenvalue weighted by atomic mass is 14.8. The summed E-state index contributed by atoms with van der Waals surface area (Å²) < 4.78 is 0. The Morgan fingerprint density at radius 1 is 1.60 bits per heavy atom. The molecule has 1 aliphatic carbocycles. The second kappa shape index (κ2) is 3.94. The van der Waals surface area contributed by atoms with Crippen molar-refractivity contribution in [2.45, 2.75) is 12.8 Å². The number of hydrogen-bond donors (Lipinski definition) is 1. The van der Waals surface area contributed by atoms with Gasteiger partial charge in [0.15, 0.2) is 0 Å². The molecule has 0 spiro atoms. The maximum atomic E-state index is 3.58. The number of hydrogen-bond acceptors (Lipinski definition) is 1. The van der Waals surface area contributed by atoms with Crippen LogP contribution in [0.15, 0.2) is 36.6 Å². The Labute approximate surface area is 62.1 Å². The van der Waals surface area contributed by atoms with Crippen LogP contribution >= 0.6 is 0 Å². The van der Waals surface area contributed by atoms with Gasteiger partial charge >= 0.3 is 0 Å². The highest BCUT2D eigenvalue weighted by Crippen LogP contribution is 2.07. The summed E-state index contributed by atoms with van der Waals surface area (Å²) in [6, 6.07) is 0. The SMILES string of the molecule is C=CNCC1=CCCC=C1. The van der Waals surface area contributed by atoms with E-state index in [1.165, 1.54) is 18.4 Å². The van der Waals surface area contributed by atoms with Gasteiger partial charge in [-0.15, -0.1) is 0 Å². The highest BCUT2D eigenvalue weighted by molar-refractivity contribution is 5.23. The van der Waals surface area contributed by atoms with Gasteiger partial charge < -0.3 is 5.32 Å². The monoisotopic (exact) mass is 135 g/mol. The minimum absolute atomic E-state index is 0.917. The molecule has 54 valence electrons. The Kier molecular flexibility index (Phi) is 2.81. The highest BCUT2D eigenvalue weighted by Gasteiger charge is 1.93. The van der Waals surface area contributed by atoms with E-state index in [9.17, 15) is 0 Å². The second-order valence-electron chi connectivity index (χ2n) is 2.34. The van der Waals surface area contributed by atoms with Gasteiger partial charge in [-0.3, -0.25) is 0 Å². The van der Waals surface area contributed by atoms with Crippen LogP contribution in [0.5, 0.6) is 0 Å². The van der Waals surface area contributed by atoms with Crippen molar-refractivity contribution < 1.29 is 0 Å². The van der Waals surface area contributed by atoms with E-state index >= 15 is 0 Å². The molecule has 10 heavy (non-hydrogen) atoms. The second-order valence-corrected chi connectivity index (χ2v) is 2.34. The molecular weight excluding hydrogens is 122 g/mol. The summed E-state index contributed by atoms with van der Waals surface area (Å²) in [6.45, 7) is 4.50. The van der Waals surface area contributed by atoms with Crippen LogP contribution < -0.4 is 5.32 Å². The van der Waals surface area contributed by atoms with Crippen LogP contribution in [0.25, 0.3) is 0 Å². The van der Waals surface area contributed by atoms with Crippen molar-refractivity contribution in [1.82, 2.24) is 5.32 Å². The van der Waals surface area contributed by atoms with Crippen LogP contribution in [0.3, 0.4) is 0 Å². The zero-order chi connectivity index (χ0) is 7.23. The van der Waals surface area contributed by atoms with E-state index in [2.05, 4.69) is 30.1 Å². The fraction of sp³-hybridized carbons (Fsp3) is 0.333. The molecule has 1 aliphatic rings. The molecule has 1 nitrogen and oxygen atoms in total. The van der Waals surface area contributed by atoms with Gasteiger partial charge in [-0.05, 0) is 24.6 Å². The van der Waals surface area contributed by atoms with Crippen molar-refractivity contribution >= 4 is 0 Å². The third kappa shape index (κ3) is 2.09. The summed E-state index contributed by atoms with van der Waals surface area (Å²) in [4.78, 5) is 0. The van der Waals surface area contributed by atoms with Gasteiger partial charge in [0.2, 0.25) is 0 Å². The van der Waals surface area contributed by atoms with Crippen molar-refractivity contribution in [3.8, 4) is 0 Å². The van der Waals surface area contributed by atoms with E-state index in [0.717, 1.165) is 6.54 Å². The number of allylic oxidation sites excluding steroid dienone is 2. The average Bonchev–Trinajstić information content (AvgIpc) is 2.03. The van der Waals surface area contributed by atoms with Crippen molar-refractivity contribution in [1.29, 1.82) is 0 Å². The first-order valence-corrected chi connectivity index (χ1v) is 3.63. The van der Waals surface area contributed by atoms with Gasteiger partial charge in [0.1, 0.15) is 0 Å². The van der Waals surface area contributed by atoms with Crippen molar-refractivity contribution in [2.75, 3.05) is 6.54 Å². The summed E-state index contributed by atoms with van der Waals surface area (Å²) in [5.74, 6) is 0. The van der Waals surface area contributed by atoms with E-state index in [0.29, 0.717) is 0 Å². The van der Waals surface area contributed by atoms with Crippen LogP contribution in [-0.2, 0) is 0 Å². The van der Waals surface area contributed by atoms with Crippen LogP contribution in [0.2, 0.25) is 0 Å². The molecule has 0 heterocycles. The first-order valence-electron chi connectivity index (χ1n) is 3.63. The molecule has 0 aromatic rings. The Morgan fingerprint density at radius 3 is 3.10 bits per heavy atom. The maximum Gasteiger partial charge on any atom is 0.0391 e. The van der Waals surface area contributed by atoms with E-state index in [4.69, 9.17) is 0 Å². The lowest BCUT2D eigenvalue weighted by Gasteiger charge is -2.05. The molecule has 1 rings (SSSR count). The average molecular weight is 135 g/mol. The van der Waals surface area contributed by atoms with Gasteiger partial charge in [-0.25, -0.2) is 0 Å². The largest absolute Gasteiger partial charge is 0.387 e. The van der Waals surface area contributed by atoms with Crippen LogP contribution in [-0.4, -0.2) is 6.54 Å². The summed E-state index contributed by atoms with van der Waals surface area (Å²) in [5.41, 5.74) is 1.37. The Morgan fingerprint density at radius 2 is 2.50 bits per heavy atom. The van der Waals surface area contributed by atoms with Crippen molar-refractivity contribution in [2.24, 2.45) is 0 Å². The predicted octanol–water partition coefficient (Wildman–Crippen LogP) is 2.00. The molecule has 1 N–H and O–H groups in total. The fourth-order valence-electron chi connectivity index (χ4n) is 0.989. The summed E-state index contributed by atoms with van der Waals surface area (Å²) >= 11 is 0. The van der Waals surface area contributed by atoms with E-state index in [1.807, 2.05) is 0 Å². The lowest BCUT2D eigenvalue weighted by molar-refractivity contribution is 0.921. The molecule has 0 aromatic heterocycles. The minimum Gasteiger partial charge on any atom is -0.387 e. The number of nitrogens with one attached hydrogen (secondary N) is 1. The molecule has 0 aromatic carbocycles. The standard InChI is InChI=1S/C9H13N/c1-2-10-8-9-6-4-3-5-7-9/h2,4,6-7,10H,1,3,5,8H2. The van der Waals surface area contributed by atoms with E-state index in [-0.39, 0.29) is 0 Å². The molecule has 1 heteroatoms. The first-order chi connectivity index (χ1) is 4.93. The summed E-state index contributed by atoms with van der Waals surface area (Å²) in [5, 5.41) is 3.06. The molecule has 0 bridgehead atoms.